The second-order valence-electron chi connectivity index (χ2n) is 6.69. The van der Waals surface area contributed by atoms with Crippen molar-refractivity contribution in [3.05, 3.63) is 29.8 Å². The summed E-state index contributed by atoms with van der Waals surface area (Å²) in [6.45, 7) is 6.79. The highest BCUT2D eigenvalue weighted by atomic mass is 16.5. The van der Waals surface area contributed by atoms with E-state index in [1.807, 2.05) is 31.2 Å². The average Bonchev–Trinajstić information content (AvgIpc) is 2.72. The van der Waals surface area contributed by atoms with Crippen LogP contribution in [0.3, 0.4) is 0 Å². The van der Waals surface area contributed by atoms with Crippen molar-refractivity contribution in [3.8, 4) is 5.75 Å². The van der Waals surface area contributed by atoms with Crippen LogP contribution in [0.5, 0.6) is 5.75 Å². The zero-order valence-corrected chi connectivity index (χ0v) is 16.8. The molecule has 6 heteroatoms. The van der Waals surface area contributed by atoms with Crippen molar-refractivity contribution in [1.29, 1.82) is 0 Å². The van der Waals surface area contributed by atoms with Crippen LogP contribution in [0.15, 0.2) is 29.3 Å². The van der Waals surface area contributed by atoms with Crippen molar-refractivity contribution in [2.45, 2.75) is 51.7 Å². The van der Waals surface area contributed by atoms with Gasteiger partial charge in [0, 0.05) is 32.9 Å². The Kier molecular flexibility index (Phi) is 10.7. The highest BCUT2D eigenvalue weighted by Crippen LogP contribution is 2.15. The van der Waals surface area contributed by atoms with Crippen molar-refractivity contribution in [3.63, 3.8) is 0 Å². The lowest BCUT2D eigenvalue weighted by Gasteiger charge is -2.23. The first kappa shape index (κ1) is 21.5. The highest BCUT2D eigenvalue weighted by molar-refractivity contribution is 5.79. The maximum Gasteiger partial charge on any atom is 0.191 e. The quantitative estimate of drug-likeness (QED) is 0.352. The number of hydrogen-bond acceptors (Lipinski definition) is 4. The average molecular weight is 378 g/mol. The Hall–Kier alpha value is -1.79. The number of ether oxygens (including phenoxy) is 3. The summed E-state index contributed by atoms with van der Waals surface area (Å²) in [7, 11) is 1.68. The van der Waals surface area contributed by atoms with Gasteiger partial charge in [0.25, 0.3) is 0 Å². The molecule has 0 aliphatic carbocycles. The Morgan fingerprint density at radius 1 is 1.19 bits per heavy atom. The Morgan fingerprint density at radius 2 is 2.00 bits per heavy atom. The molecule has 27 heavy (non-hydrogen) atoms. The van der Waals surface area contributed by atoms with Gasteiger partial charge in [-0.15, -0.1) is 0 Å². The highest BCUT2D eigenvalue weighted by Gasteiger charge is 2.13. The summed E-state index contributed by atoms with van der Waals surface area (Å²) in [6, 6.07) is 8.03. The minimum absolute atomic E-state index is 0.382. The van der Waals surface area contributed by atoms with Crippen molar-refractivity contribution in [1.82, 2.24) is 10.6 Å². The van der Waals surface area contributed by atoms with E-state index in [4.69, 9.17) is 19.2 Å². The Labute approximate surface area is 163 Å². The van der Waals surface area contributed by atoms with Crippen LogP contribution in [0.4, 0.5) is 0 Å². The number of hydrogen-bond donors (Lipinski definition) is 2. The minimum atomic E-state index is 0.382. The van der Waals surface area contributed by atoms with Gasteiger partial charge in [-0.05, 0) is 56.7 Å². The lowest BCUT2D eigenvalue weighted by Crippen LogP contribution is -2.39. The van der Waals surface area contributed by atoms with Gasteiger partial charge in [-0.3, -0.25) is 0 Å². The van der Waals surface area contributed by atoms with Gasteiger partial charge in [0.05, 0.1) is 19.8 Å². The van der Waals surface area contributed by atoms with Crippen molar-refractivity contribution in [2.75, 3.05) is 40.0 Å². The maximum atomic E-state index is 5.81. The number of methoxy groups -OCH3 is 1. The molecule has 1 fully saturated rings. The lowest BCUT2D eigenvalue weighted by atomic mass is 10.1. The number of rotatable bonds is 11. The number of guanidine groups is 1. The lowest BCUT2D eigenvalue weighted by molar-refractivity contribution is 0.0122. The molecule has 1 atom stereocenters. The standard InChI is InChI=1S/C21H35N3O3/c1-3-26-15-6-13-22-21(23-14-12-20-7-4-5-16-27-20)24-17-18-8-10-19(25-2)11-9-18/h8-11,20H,3-7,12-17H2,1-2H3,(H2,22,23,24). The molecule has 0 aromatic heterocycles. The molecule has 0 amide bonds. The largest absolute Gasteiger partial charge is 0.497 e. The molecule has 1 aromatic rings. The number of benzene rings is 1. The van der Waals surface area contributed by atoms with Crippen LogP contribution in [0.2, 0.25) is 0 Å². The van der Waals surface area contributed by atoms with Gasteiger partial charge in [0.1, 0.15) is 5.75 Å². The van der Waals surface area contributed by atoms with E-state index in [1.165, 1.54) is 19.3 Å². The molecule has 0 bridgehead atoms. The molecule has 6 nitrogen and oxygen atoms in total. The van der Waals surface area contributed by atoms with E-state index in [2.05, 4.69) is 10.6 Å². The van der Waals surface area contributed by atoms with Gasteiger partial charge in [-0.25, -0.2) is 4.99 Å². The maximum absolute atomic E-state index is 5.81. The van der Waals surface area contributed by atoms with E-state index in [9.17, 15) is 0 Å². The minimum Gasteiger partial charge on any atom is -0.497 e. The summed E-state index contributed by atoms with van der Waals surface area (Å²) >= 11 is 0. The zero-order valence-electron chi connectivity index (χ0n) is 16.8. The number of aliphatic imine (C=N–C) groups is 1. The molecular weight excluding hydrogens is 342 g/mol. The van der Waals surface area contributed by atoms with Crippen LogP contribution in [0.25, 0.3) is 0 Å². The molecule has 2 rings (SSSR count). The molecule has 2 N–H and O–H groups in total. The van der Waals surface area contributed by atoms with E-state index < -0.39 is 0 Å². The van der Waals surface area contributed by atoms with Crippen LogP contribution < -0.4 is 15.4 Å². The third-order valence-corrected chi connectivity index (χ3v) is 4.57. The third-order valence-electron chi connectivity index (χ3n) is 4.57. The van der Waals surface area contributed by atoms with Gasteiger partial charge < -0.3 is 24.8 Å². The molecule has 1 saturated heterocycles. The van der Waals surface area contributed by atoms with Crippen LogP contribution in [-0.2, 0) is 16.0 Å². The van der Waals surface area contributed by atoms with Gasteiger partial charge >= 0.3 is 0 Å². The molecule has 1 aliphatic rings. The molecule has 1 heterocycles. The molecule has 1 unspecified atom stereocenters. The van der Waals surface area contributed by atoms with Crippen molar-refractivity contribution in [2.24, 2.45) is 4.99 Å². The monoisotopic (exact) mass is 377 g/mol. The van der Waals surface area contributed by atoms with Crippen molar-refractivity contribution >= 4 is 5.96 Å². The summed E-state index contributed by atoms with van der Waals surface area (Å²) in [5.74, 6) is 1.71. The fraction of sp³-hybridized carbons (Fsp3) is 0.667. The first-order valence-electron chi connectivity index (χ1n) is 10.2. The van der Waals surface area contributed by atoms with Crippen LogP contribution in [0.1, 0.15) is 44.6 Å². The fourth-order valence-electron chi connectivity index (χ4n) is 2.99. The summed E-state index contributed by atoms with van der Waals surface area (Å²) < 4.78 is 16.4. The summed E-state index contributed by atoms with van der Waals surface area (Å²) in [5, 5.41) is 6.85. The fourth-order valence-corrected chi connectivity index (χ4v) is 2.99. The molecule has 0 radical (unpaired) electrons. The first-order valence-corrected chi connectivity index (χ1v) is 10.2. The second kappa shape index (κ2) is 13.4. The normalized spacial score (nSPS) is 17.6. The zero-order chi connectivity index (χ0) is 19.2. The van der Waals surface area contributed by atoms with E-state index in [0.29, 0.717) is 12.6 Å². The van der Waals surface area contributed by atoms with Gasteiger partial charge in [0.15, 0.2) is 5.96 Å². The van der Waals surface area contributed by atoms with E-state index >= 15 is 0 Å². The summed E-state index contributed by atoms with van der Waals surface area (Å²) in [5.41, 5.74) is 1.15. The smallest absolute Gasteiger partial charge is 0.191 e. The summed E-state index contributed by atoms with van der Waals surface area (Å²) in [4.78, 5) is 4.72. The third kappa shape index (κ3) is 9.11. The molecule has 1 aliphatic heterocycles. The number of nitrogens with one attached hydrogen (secondary N) is 2. The molecule has 0 spiro atoms. The topological polar surface area (TPSA) is 64.1 Å². The number of nitrogens with zero attached hydrogens (tertiary/aromatic N) is 1. The first-order chi connectivity index (χ1) is 13.3. The Bertz CT molecular complexity index is 528. The van der Waals surface area contributed by atoms with E-state index in [-0.39, 0.29) is 0 Å². The van der Waals surface area contributed by atoms with E-state index in [0.717, 1.165) is 63.0 Å². The van der Waals surface area contributed by atoms with Gasteiger partial charge in [0.2, 0.25) is 0 Å². The van der Waals surface area contributed by atoms with Crippen LogP contribution in [0, 0.1) is 0 Å². The molecule has 152 valence electrons. The SMILES string of the molecule is CCOCCCNC(=NCc1ccc(OC)cc1)NCCC1CCCCO1. The predicted octanol–water partition coefficient (Wildman–Crippen LogP) is 3.12. The van der Waals surface area contributed by atoms with Crippen LogP contribution >= 0.6 is 0 Å². The molecule has 0 saturated carbocycles. The summed E-state index contributed by atoms with van der Waals surface area (Å²) in [6.07, 6.45) is 6.00. The van der Waals surface area contributed by atoms with Crippen molar-refractivity contribution < 1.29 is 14.2 Å². The molecule has 1 aromatic carbocycles. The van der Waals surface area contributed by atoms with E-state index in [1.54, 1.807) is 7.11 Å². The predicted molar refractivity (Wildman–Crippen MR) is 109 cm³/mol. The second-order valence-corrected chi connectivity index (χ2v) is 6.69. The Balaban J connectivity index is 1.80. The Morgan fingerprint density at radius 3 is 2.70 bits per heavy atom. The van der Waals surface area contributed by atoms with Gasteiger partial charge in [-0.2, -0.15) is 0 Å². The molecular formula is C21H35N3O3. The van der Waals surface area contributed by atoms with Gasteiger partial charge in [-0.1, -0.05) is 12.1 Å². The van der Waals surface area contributed by atoms with Crippen LogP contribution in [-0.4, -0.2) is 52.1 Å².